The fourth-order valence-electron chi connectivity index (χ4n) is 2.69. The zero-order valence-electron chi connectivity index (χ0n) is 7.83. The average Bonchev–Trinajstić information content (AvgIpc) is 2.72. The molecule has 2 aliphatic heterocycles. The summed E-state index contributed by atoms with van der Waals surface area (Å²) in [6.07, 6.45) is 1.84. The zero-order valence-corrected chi connectivity index (χ0v) is 7.83. The predicted molar refractivity (Wildman–Crippen MR) is 54.0 cm³/mol. The monoisotopic (exact) mass is 174 g/mol. The van der Waals surface area contributed by atoms with Gasteiger partial charge in [-0.3, -0.25) is 5.32 Å². The van der Waals surface area contributed by atoms with E-state index < -0.39 is 0 Å². The first-order valence-electron chi connectivity index (χ1n) is 4.93. The van der Waals surface area contributed by atoms with Crippen LogP contribution in [0.3, 0.4) is 0 Å². The lowest BCUT2D eigenvalue weighted by Crippen LogP contribution is -2.37. The summed E-state index contributed by atoms with van der Waals surface area (Å²) in [4.78, 5) is 2.37. The fourth-order valence-corrected chi connectivity index (χ4v) is 2.69. The van der Waals surface area contributed by atoms with E-state index in [0.717, 1.165) is 12.5 Å². The van der Waals surface area contributed by atoms with Gasteiger partial charge in [0.1, 0.15) is 0 Å². The van der Waals surface area contributed by atoms with Crippen LogP contribution in [-0.2, 0) is 0 Å². The van der Waals surface area contributed by atoms with Gasteiger partial charge in [-0.05, 0) is 24.6 Å². The third-order valence-electron chi connectivity index (χ3n) is 3.32. The molecule has 13 heavy (non-hydrogen) atoms. The SMILES string of the molecule is CN1c2ccccc2C2CCNC21. The lowest BCUT2D eigenvalue weighted by Gasteiger charge is -2.21. The minimum absolute atomic E-state index is 0.553. The van der Waals surface area contributed by atoms with Crippen LogP contribution >= 0.6 is 0 Å². The molecule has 1 aromatic rings. The van der Waals surface area contributed by atoms with Crippen LogP contribution in [0.4, 0.5) is 5.69 Å². The first-order valence-corrected chi connectivity index (χ1v) is 4.93. The van der Waals surface area contributed by atoms with Crippen molar-refractivity contribution in [3.8, 4) is 0 Å². The second kappa shape index (κ2) is 2.48. The number of nitrogens with one attached hydrogen (secondary N) is 1. The maximum Gasteiger partial charge on any atom is 0.0863 e. The van der Waals surface area contributed by atoms with Crippen molar-refractivity contribution in [2.75, 3.05) is 18.5 Å². The molecule has 2 nitrogen and oxygen atoms in total. The summed E-state index contributed by atoms with van der Waals surface area (Å²) in [7, 11) is 2.18. The van der Waals surface area contributed by atoms with Gasteiger partial charge in [-0.25, -0.2) is 0 Å². The van der Waals surface area contributed by atoms with Crippen molar-refractivity contribution in [3.63, 3.8) is 0 Å². The zero-order chi connectivity index (χ0) is 8.84. The van der Waals surface area contributed by atoms with Crippen LogP contribution in [0.1, 0.15) is 17.9 Å². The lowest BCUT2D eigenvalue weighted by atomic mass is 9.99. The molecule has 0 aliphatic carbocycles. The van der Waals surface area contributed by atoms with Crippen molar-refractivity contribution >= 4 is 5.69 Å². The molecule has 0 amide bonds. The predicted octanol–water partition coefficient (Wildman–Crippen LogP) is 1.54. The maximum absolute atomic E-state index is 3.54. The Labute approximate surface area is 78.6 Å². The van der Waals surface area contributed by atoms with Gasteiger partial charge in [0.25, 0.3) is 0 Å². The maximum atomic E-state index is 3.54. The van der Waals surface area contributed by atoms with Crippen LogP contribution in [0.15, 0.2) is 24.3 Å². The number of likely N-dealkylation sites (N-methyl/N-ethyl adjacent to an activating group) is 1. The van der Waals surface area contributed by atoms with Crippen LogP contribution in [0.25, 0.3) is 0 Å². The first-order chi connectivity index (χ1) is 6.38. The molecule has 2 heterocycles. The average molecular weight is 174 g/mol. The van der Waals surface area contributed by atoms with Gasteiger partial charge in [-0.2, -0.15) is 0 Å². The van der Waals surface area contributed by atoms with Gasteiger partial charge in [0.2, 0.25) is 0 Å². The fraction of sp³-hybridized carbons (Fsp3) is 0.455. The third kappa shape index (κ3) is 0.866. The molecular weight excluding hydrogens is 160 g/mol. The molecule has 2 atom stereocenters. The van der Waals surface area contributed by atoms with Gasteiger partial charge in [0, 0.05) is 18.7 Å². The highest BCUT2D eigenvalue weighted by molar-refractivity contribution is 5.61. The highest BCUT2D eigenvalue weighted by Gasteiger charge is 2.38. The smallest absolute Gasteiger partial charge is 0.0863 e. The molecule has 1 aromatic carbocycles. The third-order valence-corrected chi connectivity index (χ3v) is 3.32. The van der Waals surface area contributed by atoms with Crippen LogP contribution in [0.2, 0.25) is 0 Å². The van der Waals surface area contributed by atoms with Gasteiger partial charge < -0.3 is 4.90 Å². The molecular formula is C11H14N2. The molecule has 1 saturated heterocycles. The van der Waals surface area contributed by atoms with E-state index in [1.54, 1.807) is 0 Å². The Bertz CT molecular complexity index is 335. The minimum Gasteiger partial charge on any atom is -0.358 e. The van der Waals surface area contributed by atoms with Crippen LogP contribution in [0, 0.1) is 0 Å². The molecule has 1 N–H and O–H groups in total. The molecule has 0 radical (unpaired) electrons. The van der Waals surface area contributed by atoms with E-state index in [1.807, 2.05) is 0 Å². The molecule has 2 heteroatoms. The van der Waals surface area contributed by atoms with Gasteiger partial charge in [0.05, 0.1) is 6.17 Å². The molecule has 2 unspecified atom stereocenters. The quantitative estimate of drug-likeness (QED) is 0.642. The van der Waals surface area contributed by atoms with E-state index in [2.05, 4.69) is 41.5 Å². The van der Waals surface area contributed by atoms with Crippen LogP contribution < -0.4 is 10.2 Å². The molecule has 3 rings (SSSR count). The summed E-state index contributed by atoms with van der Waals surface area (Å²) in [6, 6.07) is 8.75. The van der Waals surface area contributed by atoms with Crippen LogP contribution in [-0.4, -0.2) is 19.8 Å². The van der Waals surface area contributed by atoms with E-state index in [0.29, 0.717) is 6.17 Å². The number of rotatable bonds is 0. The van der Waals surface area contributed by atoms with Crippen LogP contribution in [0.5, 0.6) is 0 Å². The summed E-state index contributed by atoms with van der Waals surface area (Å²) in [6.45, 7) is 1.16. The Morgan fingerprint density at radius 3 is 3.15 bits per heavy atom. The first kappa shape index (κ1) is 7.39. The van der Waals surface area contributed by atoms with E-state index in [4.69, 9.17) is 0 Å². The molecule has 1 fully saturated rings. The van der Waals surface area contributed by atoms with Crippen molar-refractivity contribution in [3.05, 3.63) is 29.8 Å². The summed E-state index contributed by atoms with van der Waals surface area (Å²) < 4.78 is 0. The van der Waals surface area contributed by atoms with Crippen molar-refractivity contribution < 1.29 is 0 Å². The molecule has 0 bridgehead atoms. The standard InChI is InChI=1S/C11H14N2/c1-13-10-5-3-2-4-8(10)9-6-7-12-11(9)13/h2-5,9,11-12H,6-7H2,1H3. The summed E-state index contributed by atoms with van der Waals surface area (Å²) in [5, 5.41) is 3.54. The van der Waals surface area contributed by atoms with Crippen molar-refractivity contribution in [1.82, 2.24) is 5.32 Å². The van der Waals surface area contributed by atoms with Gasteiger partial charge in [-0.1, -0.05) is 18.2 Å². The number of nitrogens with zero attached hydrogens (tertiary/aromatic N) is 1. The summed E-state index contributed by atoms with van der Waals surface area (Å²) in [5.74, 6) is 0.723. The molecule has 0 saturated carbocycles. The molecule has 2 aliphatic rings. The largest absolute Gasteiger partial charge is 0.358 e. The normalized spacial score (nSPS) is 30.4. The highest BCUT2D eigenvalue weighted by atomic mass is 15.3. The van der Waals surface area contributed by atoms with E-state index in [-0.39, 0.29) is 0 Å². The second-order valence-electron chi connectivity index (χ2n) is 3.96. The van der Waals surface area contributed by atoms with E-state index in [1.165, 1.54) is 17.7 Å². The Morgan fingerprint density at radius 2 is 2.23 bits per heavy atom. The van der Waals surface area contributed by atoms with Crippen molar-refractivity contribution in [1.29, 1.82) is 0 Å². The summed E-state index contributed by atoms with van der Waals surface area (Å²) in [5.41, 5.74) is 2.93. The van der Waals surface area contributed by atoms with Gasteiger partial charge in [0.15, 0.2) is 0 Å². The Balaban J connectivity index is 2.13. The number of fused-ring (bicyclic) bond motifs is 3. The van der Waals surface area contributed by atoms with E-state index >= 15 is 0 Å². The Morgan fingerprint density at radius 1 is 1.38 bits per heavy atom. The number of hydrogen-bond acceptors (Lipinski definition) is 2. The molecule has 0 spiro atoms. The molecule has 0 aromatic heterocycles. The number of para-hydroxylation sites is 1. The lowest BCUT2D eigenvalue weighted by molar-refractivity contribution is 0.575. The highest BCUT2D eigenvalue weighted by Crippen LogP contribution is 2.42. The van der Waals surface area contributed by atoms with Gasteiger partial charge >= 0.3 is 0 Å². The number of hydrogen-bond donors (Lipinski definition) is 1. The Hall–Kier alpha value is -1.02. The number of anilines is 1. The Kier molecular flexibility index (Phi) is 1.41. The second-order valence-corrected chi connectivity index (χ2v) is 3.96. The van der Waals surface area contributed by atoms with Crippen molar-refractivity contribution in [2.24, 2.45) is 0 Å². The van der Waals surface area contributed by atoms with E-state index in [9.17, 15) is 0 Å². The minimum atomic E-state index is 0.553. The topological polar surface area (TPSA) is 15.3 Å². The molecule has 68 valence electrons. The number of benzene rings is 1. The van der Waals surface area contributed by atoms with Crippen molar-refractivity contribution in [2.45, 2.75) is 18.5 Å². The summed E-state index contributed by atoms with van der Waals surface area (Å²) >= 11 is 0. The van der Waals surface area contributed by atoms with Gasteiger partial charge in [-0.15, -0.1) is 0 Å².